The third-order valence-corrected chi connectivity index (χ3v) is 8.75. The molecule has 2 heterocycles. The maximum Gasteiger partial charge on any atom is 0.223 e. The van der Waals surface area contributed by atoms with Crippen LogP contribution in [0.25, 0.3) is 10.9 Å². The summed E-state index contributed by atoms with van der Waals surface area (Å²) in [5.74, 6) is 1.39. The third kappa shape index (κ3) is 5.88. The minimum Gasteiger partial charge on any atom is -0.493 e. The van der Waals surface area contributed by atoms with Gasteiger partial charge in [-0.1, -0.05) is 84.9 Å². The lowest BCUT2D eigenvalue weighted by atomic mass is 9.87. The molecule has 1 aliphatic rings. The van der Waals surface area contributed by atoms with Gasteiger partial charge in [0.2, 0.25) is 5.91 Å². The number of ether oxygens (including phenoxy) is 2. The zero-order chi connectivity index (χ0) is 29.8. The lowest BCUT2D eigenvalue weighted by molar-refractivity contribution is -0.133. The molecule has 6 heteroatoms. The summed E-state index contributed by atoms with van der Waals surface area (Å²) in [5, 5.41) is 1.16. The molecule has 0 bridgehead atoms. The highest BCUT2D eigenvalue weighted by molar-refractivity contribution is 5.86. The van der Waals surface area contributed by atoms with Gasteiger partial charge in [0, 0.05) is 62.7 Å². The van der Waals surface area contributed by atoms with Gasteiger partial charge < -0.3 is 18.9 Å². The van der Waals surface area contributed by atoms with Gasteiger partial charge in [-0.05, 0) is 40.5 Å². The van der Waals surface area contributed by atoms with Crippen LogP contribution in [0.5, 0.6) is 11.5 Å². The van der Waals surface area contributed by atoms with Crippen molar-refractivity contribution in [3.63, 3.8) is 0 Å². The highest BCUT2D eigenvalue weighted by Gasteiger charge is 2.30. The van der Waals surface area contributed by atoms with E-state index in [1.165, 1.54) is 11.1 Å². The number of carbonyl (C=O) groups excluding carboxylic acids is 1. The highest BCUT2D eigenvalue weighted by Crippen LogP contribution is 2.39. The molecule has 1 aromatic heterocycles. The average molecular weight is 574 g/mol. The second kappa shape index (κ2) is 12.8. The Labute approximate surface area is 254 Å². The second-order valence-corrected chi connectivity index (χ2v) is 11.2. The van der Waals surface area contributed by atoms with Crippen molar-refractivity contribution >= 4 is 16.8 Å². The van der Waals surface area contributed by atoms with E-state index in [-0.39, 0.29) is 17.9 Å². The molecule has 0 radical (unpaired) electrons. The predicted octanol–water partition coefficient (Wildman–Crippen LogP) is 6.65. The van der Waals surface area contributed by atoms with E-state index in [4.69, 9.17) is 9.47 Å². The molecule has 1 fully saturated rings. The van der Waals surface area contributed by atoms with Crippen LogP contribution in [0, 0.1) is 0 Å². The van der Waals surface area contributed by atoms with Crippen LogP contribution in [0.3, 0.4) is 0 Å². The van der Waals surface area contributed by atoms with E-state index in [1.807, 2.05) is 17.0 Å². The largest absolute Gasteiger partial charge is 0.493 e. The quantitative estimate of drug-likeness (QED) is 0.198. The Bertz CT molecular complexity index is 1630. The van der Waals surface area contributed by atoms with Gasteiger partial charge in [-0.25, -0.2) is 0 Å². The van der Waals surface area contributed by atoms with E-state index in [0.29, 0.717) is 31.0 Å². The van der Waals surface area contributed by atoms with Crippen LogP contribution in [-0.2, 0) is 11.8 Å². The predicted molar refractivity (Wildman–Crippen MR) is 172 cm³/mol. The van der Waals surface area contributed by atoms with Gasteiger partial charge in [-0.3, -0.25) is 9.69 Å². The molecular weight excluding hydrogens is 534 g/mol. The summed E-state index contributed by atoms with van der Waals surface area (Å²) in [5.41, 5.74) is 5.88. The number of carbonyl (C=O) groups is 1. The standard InChI is InChI=1S/C37H39N3O3/c1-38-26-32(30-16-10-11-17-33(30)38)31(29-18-19-34(42-2)35(24-29)43-3)25-36(41)39-20-22-40(23-21-39)37(27-12-6-4-7-13-27)28-14-8-5-9-15-28/h4-19,24,26,31,37H,20-23,25H2,1-3H3/t31-/m1/s1. The normalized spacial score (nSPS) is 14.7. The summed E-state index contributed by atoms with van der Waals surface area (Å²) in [6, 6.07) is 35.9. The number of hydrogen-bond donors (Lipinski definition) is 0. The van der Waals surface area contributed by atoms with Crippen LogP contribution in [0.2, 0.25) is 0 Å². The van der Waals surface area contributed by atoms with Crippen LogP contribution in [0.15, 0.2) is 109 Å². The monoisotopic (exact) mass is 573 g/mol. The van der Waals surface area contributed by atoms with Gasteiger partial charge in [0.15, 0.2) is 11.5 Å². The van der Waals surface area contributed by atoms with Crippen LogP contribution in [0.1, 0.15) is 40.6 Å². The smallest absolute Gasteiger partial charge is 0.223 e. The Balaban J connectivity index is 1.25. The molecule has 0 unspecified atom stereocenters. The fourth-order valence-corrected chi connectivity index (χ4v) is 6.55. The van der Waals surface area contributed by atoms with Crippen molar-refractivity contribution in [2.45, 2.75) is 18.4 Å². The molecule has 6 rings (SSSR count). The number of aryl methyl sites for hydroxylation is 1. The van der Waals surface area contributed by atoms with Crippen molar-refractivity contribution in [3.05, 3.63) is 132 Å². The first-order chi connectivity index (χ1) is 21.1. The van der Waals surface area contributed by atoms with Gasteiger partial charge in [0.25, 0.3) is 0 Å². The molecule has 43 heavy (non-hydrogen) atoms. The van der Waals surface area contributed by atoms with Gasteiger partial charge in [-0.15, -0.1) is 0 Å². The number of fused-ring (bicyclic) bond motifs is 1. The maximum absolute atomic E-state index is 14.0. The van der Waals surface area contributed by atoms with Gasteiger partial charge in [0.1, 0.15) is 0 Å². The molecule has 0 saturated carbocycles. The summed E-state index contributed by atoms with van der Waals surface area (Å²) in [6.07, 6.45) is 2.55. The zero-order valence-electron chi connectivity index (χ0n) is 25.1. The highest BCUT2D eigenvalue weighted by atomic mass is 16.5. The first-order valence-corrected chi connectivity index (χ1v) is 14.9. The second-order valence-electron chi connectivity index (χ2n) is 11.2. The molecule has 6 nitrogen and oxygen atoms in total. The fraction of sp³-hybridized carbons (Fsp3) is 0.270. The molecule has 5 aromatic rings. The van der Waals surface area contributed by atoms with Crippen LogP contribution in [0.4, 0.5) is 0 Å². The molecule has 0 spiro atoms. The van der Waals surface area contributed by atoms with Crippen molar-refractivity contribution in [2.75, 3.05) is 40.4 Å². The van der Waals surface area contributed by atoms with Gasteiger partial charge >= 0.3 is 0 Å². The lowest BCUT2D eigenvalue weighted by Crippen LogP contribution is -2.50. The first kappa shape index (κ1) is 28.6. The molecule has 0 N–H and O–H groups in total. The van der Waals surface area contributed by atoms with E-state index in [1.54, 1.807) is 14.2 Å². The van der Waals surface area contributed by atoms with Crippen molar-refractivity contribution in [2.24, 2.45) is 7.05 Å². The number of methoxy groups -OCH3 is 2. The van der Waals surface area contributed by atoms with Crippen molar-refractivity contribution in [3.8, 4) is 11.5 Å². The Morgan fingerprint density at radius 3 is 1.95 bits per heavy atom. The number of rotatable bonds is 9. The van der Waals surface area contributed by atoms with Crippen molar-refractivity contribution < 1.29 is 14.3 Å². The number of amides is 1. The number of piperazine rings is 1. The number of aromatic nitrogens is 1. The number of para-hydroxylation sites is 1. The van der Waals surface area contributed by atoms with E-state index in [0.717, 1.165) is 35.1 Å². The summed E-state index contributed by atoms with van der Waals surface area (Å²) < 4.78 is 13.3. The minimum absolute atomic E-state index is 0.127. The Morgan fingerprint density at radius 2 is 1.33 bits per heavy atom. The summed E-state index contributed by atoms with van der Waals surface area (Å²) in [7, 11) is 5.36. The molecule has 4 aromatic carbocycles. The molecule has 0 aliphatic carbocycles. The lowest BCUT2D eigenvalue weighted by Gasteiger charge is -2.40. The Morgan fingerprint density at radius 1 is 0.721 bits per heavy atom. The van der Waals surface area contributed by atoms with Crippen LogP contribution >= 0.6 is 0 Å². The first-order valence-electron chi connectivity index (χ1n) is 14.9. The van der Waals surface area contributed by atoms with E-state index in [2.05, 4.69) is 114 Å². The van der Waals surface area contributed by atoms with Crippen LogP contribution < -0.4 is 9.47 Å². The summed E-state index contributed by atoms with van der Waals surface area (Å²) in [6.45, 7) is 3.03. The van der Waals surface area contributed by atoms with Crippen LogP contribution in [-0.4, -0.2) is 60.7 Å². The van der Waals surface area contributed by atoms with Crippen molar-refractivity contribution in [1.82, 2.24) is 14.4 Å². The van der Waals surface area contributed by atoms with E-state index in [9.17, 15) is 4.79 Å². The molecule has 1 aliphatic heterocycles. The van der Waals surface area contributed by atoms with Gasteiger partial charge in [0.05, 0.1) is 20.3 Å². The zero-order valence-corrected chi connectivity index (χ0v) is 25.1. The minimum atomic E-state index is -0.127. The fourth-order valence-electron chi connectivity index (χ4n) is 6.55. The number of hydrogen-bond acceptors (Lipinski definition) is 4. The summed E-state index contributed by atoms with van der Waals surface area (Å²) >= 11 is 0. The van der Waals surface area contributed by atoms with E-state index < -0.39 is 0 Å². The molecule has 1 amide bonds. The summed E-state index contributed by atoms with van der Waals surface area (Å²) in [4.78, 5) is 18.6. The Kier molecular flexibility index (Phi) is 8.47. The molecular formula is C37H39N3O3. The SMILES string of the molecule is COc1ccc([C@@H](CC(=O)N2CCN(C(c3ccccc3)c3ccccc3)CC2)c2cn(C)c3ccccc23)cc1OC. The number of nitrogens with zero attached hydrogens (tertiary/aromatic N) is 3. The van der Waals surface area contributed by atoms with Crippen molar-refractivity contribution in [1.29, 1.82) is 0 Å². The maximum atomic E-state index is 14.0. The average Bonchev–Trinajstić information content (AvgIpc) is 3.40. The molecule has 1 saturated heterocycles. The molecule has 1 atom stereocenters. The van der Waals surface area contributed by atoms with Gasteiger partial charge in [-0.2, -0.15) is 0 Å². The number of benzene rings is 4. The third-order valence-electron chi connectivity index (χ3n) is 8.75. The van der Waals surface area contributed by atoms with E-state index >= 15 is 0 Å². The molecule has 220 valence electrons. The topological polar surface area (TPSA) is 46.9 Å². The Hall–Kier alpha value is -4.55.